The number of halogens is 2. The van der Waals surface area contributed by atoms with Crippen LogP contribution in [-0.2, 0) is 11.3 Å². The molecule has 148 valence electrons. The molecule has 0 aliphatic carbocycles. The van der Waals surface area contributed by atoms with E-state index in [2.05, 4.69) is 10.3 Å². The van der Waals surface area contributed by atoms with Crippen molar-refractivity contribution in [2.75, 3.05) is 5.32 Å². The molecule has 0 radical (unpaired) electrons. The number of hydrogen-bond donors (Lipinski definition) is 1. The highest BCUT2D eigenvalue weighted by atomic mass is 19.1. The van der Waals surface area contributed by atoms with E-state index in [4.69, 9.17) is 0 Å². The fourth-order valence-corrected chi connectivity index (χ4v) is 3.28. The van der Waals surface area contributed by atoms with Crippen molar-refractivity contribution in [3.63, 3.8) is 0 Å². The number of rotatable bonds is 4. The first-order valence-corrected chi connectivity index (χ1v) is 9.24. The van der Waals surface area contributed by atoms with Gasteiger partial charge in [-0.2, -0.15) is 0 Å². The van der Waals surface area contributed by atoms with Crippen molar-refractivity contribution in [3.8, 4) is 0 Å². The van der Waals surface area contributed by atoms with Crippen LogP contribution < -0.4 is 5.32 Å². The van der Waals surface area contributed by atoms with E-state index in [-0.39, 0.29) is 11.3 Å². The number of amides is 1. The van der Waals surface area contributed by atoms with E-state index in [0.29, 0.717) is 24.3 Å². The molecule has 4 nitrogen and oxygen atoms in total. The van der Waals surface area contributed by atoms with Crippen LogP contribution in [0.15, 0.2) is 30.3 Å². The van der Waals surface area contributed by atoms with Crippen molar-refractivity contribution >= 4 is 22.8 Å². The molecule has 0 fully saturated rings. The second-order valence-corrected chi connectivity index (χ2v) is 8.49. The fourth-order valence-electron chi connectivity index (χ4n) is 3.28. The molecular formula is C22H25F2N3O. The summed E-state index contributed by atoms with van der Waals surface area (Å²) in [6.07, 6.45) is 0.400. The summed E-state index contributed by atoms with van der Waals surface area (Å²) in [7, 11) is 0. The van der Waals surface area contributed by atoms with E-state index in [1.54, 1.807) is 0 Å². The van der Waals surface area contributed by atoms with Crippen molar-refractivity contribution in [2.45, 2.75) is 47.6 Å². The number of hydrogen-bond acceptors (Lipinski definition) is 2. The Hall–Kier alpha value is -2.76. The zero-order valence-corrected chi connectivity index (χ0v) is 16.9. The van der Waals surface area contributed by atoms with Gasteiger partial charge in [0.05, 0.1) is 11.0 Å². The second-order valence-electron chi connectivity index (χ2n) is 8.49. The summed E-state index contributed by atoms with van der Waals surface area (Å²) in [6.45, 7) is 10.2. The highest BCUT2D eigenvalue weighted by Crippen LogP contribution is 2.26. The van der Waals surface area contributed by atoms with E-state index in [1.165, 1.54) is 12.1 Å². The van der Waals surface area contributed by atoms with Gasteiger partial charge in [-0.1, -0.05) is 20.8 Å². The topological polar surface area (TPSA) is 46.9 Å². The molecule has 0 saturated carbocycles. The molecular weight excluding hydrogens is 360 g/mol. The second kappa shape index (κ2) is 7.34. The maximum absolute atomic E-state index is 13.5. The molecule has 0 aliphatic heterocycles. The Morgan fingerprint density at radius 1 is 1.07 bits per heavy atom. The molecule has 0 atom stereocenters. The number of aryl methyl sites for hydroxylation is 2. The van der Waals surface area contributed by atoms with Crippen LogP contribution in [0.1, 0.15) is 44.0 Å². The van der Waals surface area contributed by atoms with Gasteiger partial charge in [-0.05, 0) is 54.7 Å². The normalized spacial score (nSPS) is 11.8. The van der Waals surface area contributed by atoms with Crippen molar-refractivity contribution in [2.24, 2.45) is 5.41 Å². The number of pyridine rings is 1. The van der Waals surface area contributed by atoms with E-state index < -0.39 is 11.6 Å². The maximum Gasteiger partial charge on any atom is 0.226 e. The highest BCUT2D eigenvalue weighted by Gasteiger charge is 2.18. The van der Waals surface area contributed by atoms with Gasteiger partial charge in [0.15, 0.2) is 0 Å². The van der Waals surface area contributed by atoms with Gasteiger partial charge < -0.3 is 9.88 Å². The van der Waals surface area contributed by atoms with Gasteiger partial charge in [0.25, 0.3) is 0 Å². The van der Waals surface area contributed by atoms with Crippen LogP contribution >= 0.6 is 0 Å². The van der Waals surface area contributed by atoms with E-state index in [1.807, 2.05) is 51.3 Å². The standard InChI is InChI=1S/C22H25F2N3O/c1-13-6-19-18(25-21(13)26-20(28)11-22(3,4)5)7-14(2)27(19)12-15-8-16(23)10-17(24)9-15/h6-10H,11-12H2,1-5H3,(H,25,26,28). The quantitative estimate of drug-likeness (QED) is 0.658. The molecule has 3 rings (SSSR count). The molecule has 0 spiro atoms. The molecule has 3 aromatic rings. The third kappa shape index (κ3) is 4.55. The number of nitrogens with one attached hydrogen (secondary N) is 1. The Balaban J connectivity index is 1.93. The molecule has 1 N–H and O–H groups in total. The van der Waals surface area contributed by atoms with Crippen LogP contribution in [-0.4, -0.2) is 15.5 Å². The number of fused-ring (bicyclic) bond motifs is 1. The first-order valence-electron chi connectivity index (χ1n) is 9.24. The van der Waals surface area contributed by atoms with Crippen molar-refractivity contribution in [1.82, 2.24) is 9.55 Å². The largest absolute Gasteiger partial charge is 0.339 e. The van der Waals surface area contributed by atoms with Crippen molar-refractivity contribution < 1.29 is 13.6 Å². The molecule has 1 aromatic carbocycles. The molecule has 0 aliphatic rings. The summed E-state index contributed by atoms with van der Waals surface area (Å²) < 4.78 is 29.0. The Kier molecular flexibility index (Phi) is 5.24. The third-order valence-electron chi connectivity index (χ3n) is 4.50. The first-order chi connectivity index (χ1) is 13.0. The highest BCUT2D eigenvalue weighted by molar-refractivity contribution is 5.92. The number of nitrogens with zero attached hydrogens (tertiary/aromatic N) is 2. The minimum atomic E-state index is -0.595. The Bertz CT molecular complexity index is 1030. The number of carbonyl (C=O) groups is 1. The van der Waals surface area contributed by atoms with Crippen LogP contribution in [0.25, 0.3) is 11.0 Å². The molecule has 2 aromatic heterocycles. The Morgan fingerprint density at radius 2 is 1.71 bits per heavy atom. The third-order valence-corrected chi connectivity index (χ3v) is 4.50. The molecule has 1 amide bonds. The summed E-state index contributed by atoms with van der Waals surface area (Å²) in [4.78, 5) is 16.9. The van der Waals surface area contributed by atoms with Gasteiger partial charge in [0, 0.05) is 24.7 Å². The van der Waals surface area contributed by atoms with Crippen molar-refractivity contribution in [1.29, 1.82) is 0 Å². The smallest absolute Gasteiger partial charge is 0.226 e. The summed E-state index contributed by atoms with van der Waals surface area (Å²) in [5, 5.41) is 2.89. The molecule has 2 heterocycles. The zero-order chi connectivity index (χ0) is 20.6. The summed E-state index contributed by atoms with van der Waals surface area (Å²) in [5.74, 6) is -0.728. The van der Waals surface area contributed by atoms with E-state index >= 15 is 0 Å². The number of anilines is 1. The first kappa shape index (κ1) is 20.0. The van der Waals surface area contributed by atoms with Crippen LogP contribution in [0.4, 0.5) is 14.6 Å². The van der Waals surface area contributed by atoms with E-state index in [0.717, 1.165) is 28.4 Å². The predicted octanol–water partition coefficient (Wildman–Crippen LogP) is 5.35. The van der Waals surface area contributed by atoms with Crippen LogP contribution in [0.2, 0.25) is 0 Å². The lowest BCUT2D eigenvalue weighted by Crippen LogP contribution is -2.20. The van der Waals surface area contributed by atoms with E-state index in [9.17, 15) is 13.6 Å². The van der Waals surface area contributed by atoms with Gasteiger partial charge in [-0.25, -0.2) is 13.8 Å². The van der Waals surface area contributed by atoms with Gasteiger partial charge in [0.2, 0.25) is 5.91 Å². The molecule has 0 bridgehead atoms. The minimum Gasteiger partial charge on any atom is -0.339 e. The summed E-state index contributed by atoms with van der Waals surface area (Å²) in [6, 6.07) is 7.37. The predicted molar refractivity (Wildman–Crippen MR) is 107 cm³/mol. The lowest BCUT2D eigenvalue weighted by atomic mass is 9.92. The lowest BCUT2D eigenvalue weighted by molar-refractivity contribution is -0.117. The van der Waals surface area contributed by atoms with Gasteiger partial charge in [-0.15, -0.1) is 0 Å². The summed E-state index contributed by atoms with van der Waals surface area (Å²) in [5.41, 5.74) is 3.77. The van der Waals surface area contributed by atoms with Gasteiger partial charge in [-0.3, -0.25) is 4.79 Å². The SMILES string of the molecule is Cc1cc2c(cc(C)n2Cc2cc(F)cc(F)c2)nc1NC(=O)CC(C)(C)C. The molecule has 0 saturated heterocycles. The Morgan fingerprint density at radius 3 is 2.32 bits per heavy atom. The van der Waals surface area contributed by atoms with Crippen LogP contribution in [0.5, 0.6) is 0 Å². The monoisotopic (exact) mass is 385 g/mol. The van der Waals surface area contributed by atoms with Gasteiger partial charge in [0.1, 0.15) is 17.5 Å². The van der Waals surface area contributed by atoms with Crippen LogP contribution in [0.3, 0.4) is 0 Å². The van der Waals surface area contributed by atoms with Gasteiger partial charge >= 0.3 is 0 Å². The van der Waals surface area contributed by atoms with Crippen molar-refractivity contribution in [3.05, 3.63) is 58.8 Å². The maximum atomic E-state index is 13.5. The number of aromatic nitrogens is 2. The average Bonchev–Trinajstić information content (AvgIpc) is 2.80. The number of carbonyl (C=O) groups excluding carboxylic acids is 1. The summed E-state index contributed by atoms with van der Waals surface area (Å²) >= 11 is 0. The fraction of sp³-hybridized carbons (Fsp3) is 0.364. The molecule has 0 unspecified atom stereocenters. The number of benzene rings is 1. The molecule has 28 heavy (non-hydrogen) atoms. The molecule has 6 heteroatoms. The van der Waals surface area contributed by atoms with Crippen LogP contribution in [0, 0.1) is 30.9 Å². The minimum absolute atomic E-state index is 0.0751. The zero-order valence-electron chi connectivity index (χ0n) is 16.9. The average molecular weight is 385 g/mol. The Labute approximate surface area is 163 Å². The lowest BCUT2D eigenvalue weighted by Gasteiger charge is -2.17.